The highest BCUT2D eigenvalue weighted by Gasteiger charge is 2.33. The quantitative estimate of drug-likeness (QED) is 0.757. The van der Waals surface area contributed by atoms with Crippen molar-refractivity contribution in [3.05, 3.63) is 0 Å². The molecular formula is C14H27F3N2O. The zero-order valence-electron chi connectivity index (χ0n) is 12.5. The van der Waals surface area contributed by atoms with Crippen molar-refractivity contribution in [2.45, 2.75) is 51.7 Å². The van der Waals surface area contributed by atoms with Crippen LogP contribution in [0.15, 0.2) is 0 Å². The summed E-state index contributed by atoms with van der Waals surface area (Å²) in [5.41, 5.74) is -0.0941. The SMILES string of the molecule is CCC(CC)(CO)CNC1CCN(CC(F)(F)F)CC1. The Balaban J connectivity index is 2.32. The summed E-state index contributed by atoms with van der Waals surface area (Å²) < 4.78 is 36.9. The van der Waals surface area contributed by atoms with Gasteiger partial charge in [-0.25, -0.2) is 0 Å². The molecule has 1 aliphatic rings. The molecule has 20 heavy (non-hydrogen) atoms. The minimum absolute atomic E-state index is 0.0941. The maximum Gasteiger partial charge on any atom is 0.401 e. The fourth-order valence-corrected chi connectivity index (χ4v) is 2.69. The zero-order valence-corrected chi connectivity index (χ0v) is 12.5. The second-order valence-electron chi connectivity index (χ2n) is 5.91. The van der Waals surface area contributed by atoms with Gasteiger partial charge in [0, 0.05) is 24.6 Å². The van der Waals surface area contributed by atoms with Crippen LogP contribution < -0.4 is 5.32 Å². The summed E-state index contributed by atoms with van der Waals surface area (Å²) in [6, 6.07) is 0.267. The number of alkyl halides is 3. The van der Waals surface area contributed by atoms with E-state index in [9.17, 15) is 18.3 Å². The van der Waals surface area contributed by atoms with E-state index in [1.54, 1.807) is 0 Å². The van der Waals surface area contributed by atoms with Gasteiger partial charge in [-0.3, -0.25) is 4.90 Å². The molecule has 120 valence electrons. The molecule has 6 heteroatoms. The number of aliphatic hydroxyl groups is 1. The molecule has 1 fully saturated rings. The molecule has 0 spiro atoms. The van der Waals surface area contributed by atoms with Crippen molar-refractivity contribution in [3.63, 3.8) is 0 Å². The van der Waals surface area contributed by atoms with Gasteiger partial charge in [0.1, 0.15) is 0 Å². The van der Waals surface area contributed by atoms with E-state index in [2.05, 4.69) is 19.2 Å². The summed E-state index contributed by atoms with van der Waals surface area (Å²) in [7, 11) is 0. The highest BCUT2D eigenvalue weighted by atomic mass is 19.4. The van der Waals surface area contributed by atoms with E-state index in [0.29, 0.717) is 13.1 Å². The summed E-state index contributed by atoms with van der Waals surface area (Å²) in [4.78, 5) is 1.47. The normalized spacial score (nSPS) is 19.5. The van der Waals surface area contributed by atoms with Gasteiger partial charge in [-0.1, -0.05) is 13.8 Å². The highest BCUT2D eigenvalue weighted by Crippen LogP contribution is 2.25. The predicted molar refractivity (Wildman–Crippen MR) is 73.6 cm³/mol. The van der Waals surface area contributed by atoms with Gasteiger partial charge in [0.25, 0.3) is 0 Å². The van der Waals surface area contributed by atoms with Crippen LogP contribution in [-0.4, -0.2) is 55.0 Å². The summed E-state index contributed by atoms with van der Waals surface area (Å²) in [6.45, 7) is 5.19. The van der Waals surface area contributed by atoms with Gasteiger partial charge >= 0.3 is 6.18 Å². The second-order valence-corrected chi connectivity index (χ2v) is 5.91. The first kappa shape index (κ1) is 17.7. The fraction of sp³-hybridized carbons (Fsp3) is 1.00. The van der Waals surface area contributed by atoms with Gasteiger partial charge in [0.15, 0.2) is 0 Å². The number of hydrogen-bond acceptors (Lipinski definition) is 3. The number of likely N-dealkylation sites (tertiary alicyclic amines) is 1. The fourth-order valence-electron chi connectivity index (χ4n) is 2.69. The van der Waals surface area contributed by atoms with Crippen molar-refractivity contribution in [2.75, 3.05) is 32.8 Å². The third-order valence-electron chi connectivity index (χ3n) is 4.59. The molecule has 0 atom stereocenters. The third-order valence-corrected chi connectivity index (χ3v) is 4.59. The van der Waals surface area contributed by atoms with Crippen LogP contribution >= 0.6 is 0 Å². The number of rotatable bonds is 7. The molecule has 1 saturated heterocycles. The molecule has 1 aliphatic heterocycles. The van der Waals surface area contributed by atoms with E-state index in [4.69, 9.17) is 0 Å². The molecule has 1 rings (SSSR count). The van der Waals surface area contributed by atoms with Crippen LogP contribution in [-0.2, 0) is 0 Å². The van der Waals surface area contributed by atoms with Crippen LogP contribution in [0.25, 0.3) is 0 Å². The van der Waals surface area contributed by atoms with Crippen molar-refractivity contribution < 1.29 is 18.3 Å². The van der Waals surface area contributed by atoms with Crippen molar-refractivity contribution in [2.24, 2.45) is 5.41 Å². The topological polar surface area (TPSA) is 35.5 Å². The maximum atomic E-state index is 12.3. The van der Waals surface area contributed by atoms with Crippen LogP contribution in [0.1, 0.15) is 39.5 Å². The van der Waals surface area contributed by atoms with E-state index in [1.807, 2.05) is 0 Å². The molecule has 2 N–H and O–H groups in total. The lowest BCUT2D eigenvalue weighted by molar-refractivity contribution is -0.148. The number of piperidine rings is 1. The van der Waals surface area contributed by atoms with Gasteiger partial charge in [0.05, 0.1) is 6.54 Å². The van der Waals surface area contributed by atoms with Crippen molar-refractivity contribution in [3.8, 4) is 0 Å². The van der Waals surface area contributed by atoms with Gasteiger partial charge in [-0.05, 0) is 38.8 Å². The standard InChI is InChI=1S/C14H27F3N2O/c1-3-13(4-2,11-20)9-18-12-5-7-19(8-6-12)10-14(15,16)17/h12,18,20H,3-11H2,1-2H3. The van der Waals surface area contributed by atoms with Crippen LogP contribution in [0.4, 0.5) is 13.2 Å². The van der Waals surface area contributed by atoms with E-state index < -0.39 is 12.7 Å². The lowest BCUT2D eigenvalue weighted by Crippen LogP contribution is -2.48. The Kier molecular flexibility index (Phi) is 6.75. The third kappa shape index (κ3) is 5.58. The van der Waals surface area contributed by atoms with Crippen LogP contribution in [0, 0.1) is 5.41 Å². The number of aliphatic hydroxyl groups excluding tert-OH is 1. The van der Waals surface area contributed by atoms with Gasteiger partial charge < -0.3 is 10.4 Å². The van der Waals surface area contributed by atoms with Crippen LogP contribution in [0.3, 0.4) is 0 Å². The Bertz CT molecular complexity index is 264. The average Bonchev–Trinajstić information content (AvgIpc) is 2.41. The van der Waals surface area contributed by atoms with Crippen molar-refractivity contribution in [1.82, 2.24) is 10.2 Å². The first-order valence-corrected chi connectivity index (χ1v) is 7.47. The average molecular weight is 296 g/mol. The first-order chi connectivity index (χ1) is 9.34. The van der Waals surface area contributed by atoms with Crippen molar-refractivity contribution in [1.29, 1.82) is 0 Å². The van der Waals surface area contributed by atoms with Gasteiger partial charge in [0.2, 0.25) is 0 Å². The minimum atomic E-state index is -4.10. The first-order valence-electron chi connectivity index (χ1n) is 7.47. The second kappa shape index (κ2) is 7.61. The smallest absolute Gasteiger partial charge is 0.396 e. The molecule has 0 unspecified atom stereocenters. The Morgan fingerprint density at radius 2 is 1.70 bits per heavy atom. The highest BCUT2D eigenvalue weighted by molar-refractivity contribution is 4.83. The lowest BCUT2D eigenvalue weighted by Gasteiger charge is -2.36. The van der Waals surface area contributed by atoms with Crippen molar-refractivity contribution >= 4 is 0 Å². The predicted octanol–water partition coefficient (Wildman–Crippen LogP) is 2.40. The maximum absolute atomic E-state index is 12.3. The minimum Gasteiger partial charge on any atom is -0.396 e. The Hall–Kier alpha value is -0.330. The molecular weight excluding hydrogens is 269 g/mol. The molecule has 0 aromatic carbocycles. The van der Waals surface area contributed by atoms with Gasteiger partial charge in [-0.2, -0.15) is 13.2 Å². The molecule has 0 aromatic rings. The lowest BCUT2D eigenvalue weighted by atomic mass is 9.83. The monoisotopic (exact) mass is 296 g/mol. The molecule has 0 amide bonds. The summed E-state index contributed by atoms with van der Waals surface area (Å²) in [5, 5.41) is 12.9. The Morgan fingerprint density at radius 3 is 2.10 bits per heavy atom. The van der Waals surface area contributed by atoms with E-state index in [-0.39, 0.29) is 18.1 Å². The molecule has 0 radical (unpaired) electrons. The molecule has 0 aromatic heterocycles. The van der Waals surface area contributed by atoms with E-state index in [1.165, 1.54) is 4.90 Å². The van der Waals surface area contributed by atoms with E-state index >= 15 is 0 Å². The number of nitrogens with zero attached hydrogens (tertiary/aromatic N) is 1. The number of hydrogen-bond donors (Lipinski definition) is 2. The Morgan fingerprint density at radius 1 is 1.15 bits per heavy atom. The summed E-state index contributed by atoms with van der Waals surface area (Å²) in [5.74, 6) is 0. The van der Waals surface area contributed by atoms with Crippen LogP contribution in [0.2, 0.25) is 0 Å². The number of halogens is 3. The number of nitrogens with one attached hydrogen (secondary N) is 1. The molecule has 0 saturated carbocycles. The van der Waals surface area contributed by atoms with Gasteiger partial charge in [-0.15, -0.1) is 0 Å². The molecule has 0 bridgehead atoms. The Labute approximate surface area is 119 Å². The molecule has 1 heterocycles. The zero-order chi connectivity index (χ0) is 15.2. The van der Waals surface area contributed by atoms with E-state index in [0.717, 1.165) is 32.2 Å². The van der Waals surface area contributed by atoms with Crippen LogP contribution in [0.5, 0.6) is 0 Å². The largest absolute Gasteiger partial charge is 0.401 e. The summed E-state index contributed by atoms with van der Waals surface area (Å²) in [6.07, 6.45) is -0.813. The molecule has 0 aliphatic carbocycles. The summed E-state index contributed by atoms with van der Waals surface area (Å²) >= 11 is 0. The molecule has 3 nitrogen and oxygen atoms in total.